The number of nitrogens with two attached hydrogens (primary N) is 1. The van der Waals surface area contributed by atoms with Crippen LogP contribution in [-0.2, 0) is 14.3 Å². The average molecular weight is 306 g/mol. The molecule has 6 nitrogen and oxygen atoms in total. The van der Waals surface area contributed by atoms with Crippen LogP contribution in [0.4, 0.5) is 11.4 Å². The summed E-state index contributed by atoms with van der Waals surface area (Å²) in [6.07, 6.45) is 1.00. The molecular formula is C16H22N2O4. The van der Waals surface area contributed by atoms with E-state index >= 15 is 0 Å². The number of carbonyl (C=O) groups is 2. The fourth-order valence-corrected chi connectivity index (χ4v) is 2.75. The number of amides is 1. The van der Waals surface area contributed by atoms with Crippen LogP contribution in [0.1, 0.15) is 33.6 Å². The Labute approximate surface area is 130 Å². The number of anilines is 2. The molecule has 6 heteroatoms. The molecule has 0 saturated heterocycles. The summed E-state index contributed by atoms with van der Waals surface area (Å²) in [6, 6.07) is 4.31. The maximum Gasteiger partial charge on any atom is 0.328 e. The summed E-state index contributed by atoms with van der Waals surface area (Å²) < 4.78 is 10.8. The van der Waals surface area contributed by atoms with E-state index in [1.165, 1.54) is 12.0 Å². The third-order valence-electron chi connectivity index (χ3n) is 4.23. The van der Waals surface area contributed by atoms with Crippen molar-refractivity contribution in [1.82, 2.24) is 0 Å². The summed E-state index contributed by atoms with van der Waals surface area (Å²) in [5, 5.41) is 0. The standard InChI is InChI=1S/C16H22N2O4/c1-5-16(6-2)15(20)18(10(3)14(19)21-4)12-8-7-11(17)9-13(12)22-16/h7-10H,5-6,17H2,1-4H3. The van der Waals surface area contributed by atoms with Crippen molar-refractivity contribution in [3.63, 3.8) is 0 Å². The number of methoxy groups -OCH3 is 1. The van der Waals surface area contributed by atoms with Crippen molar-refractivity contribution >= 4 is 23.3 Å². The first-order chi connectivity index (χ1) is 10.4. The third kappa shape index (κ3) is 2.38. The second kappa shape index (κ2) is 5.87. The highest BCUT2D eigenvalue weighted by Crippen LogP contribution is 2.42. The van der Waals surface area contributed by atoms with Crippen molar-refractivity contribution in [2.75, 3.05) is 17.7 Å². The fourth-order valence-electron chi connectivity index (χ4n) is 2.75. The second-order valence-electron chi connectivity index (χ2n) is 5.40. The van der Waals surface area contributed by atoms with Gasteiger partial charge >= 0.3 is 5.97 Å². The molecule has 2 N–H and O–H groups in total. The molecule has 120 valence electrons. The highest BCUT2D eigenvalue weighted by atomic mass is 16.5. The van der Waals surface area contributed by atoms with E-state index in [9.17, 15) is 9.59 Å². The Morgan fingerprint density at radius 1 is 1.41 bits per heavy atom. The van der Waals surface area contributed by atoms with Gasteiger partial charge in [0.25, 0.3) is 5.91 Å². The second-order valence-corrected chi connectivity index (χ2v) is 5.40. The first kappa shape index (κ1) is 16.1. The molecule has 1 unspecified atom stereocenters. The van der Waals surface area contributed by atoms with Crippen LogP contribution in [0.5, 0.6) is 5.75 Å². The Morgan fingerprint density at radius 2 is 2.05 bits per heavy atom. The number of carbonyl (C=O) groups excluding carboxylic acids is 2. The topological polar surface area (TPSA) is 81.9 Å². The van der Waals surface area contributed by atoms with Crippen LogP contribution in [0, 0.1) is 0 Å². The highest BCUT2D eigenvalue weighted by molar-refractivity contribution is 6.06. The van der Waals surface area contributed by atoms with Gasteiger partial charge in [0.1, 0.15) is 11.8 Å². The summed E-state index contributed by atoms with van der Waals surface area (Å²) in [7, 11) is 1.31. The molecule has 1 aromatic carbocycles. The van der Waals surface area contributed by atoms with Gasteiger partial charge in [0.15, 0.2) is 5.60 Å². The number of nitrogens with zero attached hydrogens (tertiary/aromatic N) is 1. The Morgan fingerprint density at radius 3 is 2.59 bits per heavy atom. The van der Waals surface area contributed by atoms with Gasteiger partial charge in [-0.2, -0.15) is 0 Å². The van der Waals surface area contributed by atoms with Gasteiger partial charge in [0, 0.05) is 11.8 Å². The average Bonchev–Trinajstić information content (AvgIpc) is 2.53. The van der Waals surface area contributed by atoms with Crippen molar-refractivity contribution in [3.05, 3.63) is 18.2 Å². The molecule has 0 aliphatic carbocycles. The lowest BCUT2D eigenvalue weighted by Crippen LogP contribution is -2.59. The molecule has 1 aromatic rings. The zero-order valence-electron chi connectivity index (χ0n) is 13.4. The molecule has 0 spiro atoms. The fraction of sp³-hybridized carbons (Fsp3) is 0.500. The lowest BCUT2D eigenvalue weighted by molar-refractivity contribution is -0.146. The lowest BCUT2D eigenvalue weighted by Gasteiger charge is -2.43. The van der Waals surface area contributed by atoms with E-state index in [4.69, 9.17) is 15.2 Å². The van der Waals surface area contributed by atoms with Gasteiger partial charge in [-0.15, -0.1) is 0 Å². The van der Waals surface area contributed by atoms with E-state index in [0.717, 1.165) is 0 Å². The molecule has 1 aliphatic heterocycles. The van der Waals surface area contributed by atoms with Crippen molar-refractivity contribution in [1.29, 1.82) is 0 Å². The number of nitrogen functional groups attached to an aromatic ring is 1. The maximum atomic E-state index is 13.0. The minimum absolute atomic E-state index is 0.229. The lowest BCUT2D eigenvalue weighted by atomic mass is 9.92. The SMILES string of the molecule is CCC1(CC)Oc2cc(N)ccc2N(C(C)C(=O)OC)C1=O. The van der Waals surface area contributed by atoms with Crippen molar-refractivity contribution in [3.8, 4) is 5.75 Å². The molecule has 1 heterocycles. The van der Waals surface area contributed by atoms with Gasteiger partial charge in [-0.3, -0.25) is 9.69 Å². The number of rotatable bonds is 4. The Kier molecular flexibility index (Phi) is 4.30. The van der Waals surface area contributed by atoms with E-state index < -0.39 is 17.6 Å². The zero-order valence-corrected chi connectivity index (χ0v) is 13.4. The van der Waals surface area contributed by atoms with Crippen LogP contribution in [0.3, 0.4) is 0 Å². The molecule has 0 radical (unpaired) electrons. The van der Waals surface area contributed by atoms with E-state index in [2.05, 4.69) is 0 Å². The van der Waals surface area contributed by atoms with Crippen LogP contribution < -0.4 is 15.4 Å². The third-order valence-corrected chi connectivity index (χ3v) is 4.23. The molecule has 22 heavy (non-hydrogen) atoms. The van der Waals surface area contributed by atoms with Crippen molar-refractivity contribution in [2.45, 2.75) is 45.3 Å². The number of esters is 1. The van der Waals surface area contributed by atoms with Crippen molar-refractivity contribution < 1.29 is 19.1 Å². The van der Waals surface area contributed by atoms with Gasteiger partial charge in [-0.05, 0) is 31.9 Å². The first-order valence-corrected chi connectivity index (χ1v) is 7.40. The molecule has 0 aromatic heterocycles. The summed E-state index contributed by atoms with van der Waals surface area (Å²) in [6.45, 7) is 5.42. The predicted molar refractivity (Wildman–Crippen MR) is 83.8 cm³/mol. The molecular weight excluding hydrogens is 284 g/mol. The zero-order chi connectivity index (χ0) is 16.5. The number of ether oxygens (including phenoxy) is 2. The van der Waals surface area contributed by atoms with Crippen LogP contribution in [0.25, 0.3) is 0 Å². The summed E-state index contributed by atoms with van der Waals surface area (Å²) in [5.74, 6) is -0.189. The Balaban J connectivity index is 2.59. The van der Waals surface area contributed by atoms with E-state index in [-0.39, 0.29) is 5.91 Å². The van der Waals surface area contributed by atoms with Gasteiger partial charge in [0.05, 0.1) is 12.8 Å². The van der Waals surface area contributed by atoms with Gasteiger partial charge in [-0.1, -0.05) is 13.8 Å². The van der Waals surface area contributed by atoms with Crippen molar-refractivity contribution in [2.24, 2.45) is 0 Å². The molecule has 0 bridgehead atoms. The number of hydrogen-bond acceptors (Lipinski definition) is 5. The van der Waals surface area contributed by atoms with Crippen LogP contribution in [0.2, 0.25) is 0 Å². The molecule has 1 aliphatic rings. The Hall–Kier alpha value is -2.24. The van der Waals surface area contributed by atoms with Crippen LogP contribution in [-0.4, -0.2) is 30.6 Å². The minimum Gasteiger partial charge on any atom is -0.475 e. The predicted octanol–water partition coefficient (Wildman–Crippen LogP) is 2.11. The van der Waals surface area contributed by atoms with Crippen LogP contribution in [0.15, 0.2) is 18.2 Å². The van der Waals surface area contributed by atoms with E-state index in [1.807, 2.05) is 13.8 Å². The van der Waals surface area contributed by atoms with Gasteiger partial charge in [0.2, 0.25) is 0 Å². The largest absolute Gasteiger partial charge is 0.475 e. The summed E-state index contributed by atoms with van der Waals surface area (Å²) >= 11 is 0. The number of benzene rings is 1. The quantitative estimate of drug-likeness (QED) is 0.680. The molecule has 1 atom stereocenters. The smallest absolute Gasteiger partial charge is 0.328 e. The van der Waals surface area contributed by atoms with Gasteiger partial charge < -0.3 is 15.2 Å². The van der Waals surface area contributed by atoms with Crippen LogP contribution >= 0.6 is 0 Å². The molecule has 2 rings (SSSR count). The minimum atomic E-state index is -0.983. The number of hydrogen-bond donors (Lipinski definition) is 1. The summed E-state index contributed by atoms with van der Waals surface area (Å²) in [5.41, 5.74) is 5.92. The molecule has 1 amide bonds. The maximum absolute atomic E-state index is 13.0. The van der Waals surface area contributed by atoms with Gasteiger partial charge in [-0.25, -0.2) is 4.79 Å². The first-order valence-electron chi connectivity index (χ1n) is 7.40. The monoisotopic (exact) mass is 306 g/mol. The molecule has 0 saturated carbocycles. The van der Waals surface area contributed by atoms with E-state index in [1.54, 1.807) is 25.1 Å². The highest BCUT2D eigenvalue weighted by Gasteiger charge is 2.48. The summed E-state index contributed by atoms with van der Waals surface area (Å²) in [4.78, 5) is 26.4. The Bertz CT molecular complexity index is 596. The normalized spacial score (nSPS) is 17.5. The molecule has 0 fully saturated rings. The van der Waals surface area contributed by atoms with E-state index in [0.29, 0.717) is 30.0 Å². The number of fused-ring (bicyclic) bond motifs is 1.